The second kappa shape index (κ2) is 31.3. The number of unbranched alkanes of at least 4 members (excludes halogenated alkanes) is 20. The first-order valence-electron chi connectivity index (χ1n) is 17.5. The Morgan fingerprint density at radius 1 is 0.390 bits per heavy atom. The second-order valence-corrected chi connectivity index (χ2v) is 11.8. The summed E-state index contributed by atoms with van der Waals surface area (Å²) < 4.78 is 16.4. The molecule has 242 valence electrons. The van der Waals surface area contributed by atoms with Crippen LogP contribution in [0.1, 0.15) is 188 Å². The number of esters is 3. The van der Waals surface area contributed by atoms with Gasteiger partial charge < -0.3 is 14.2 Å². The molecule has 0 heterocycles. The van der Waals surface area contributed by atoms with Gasteiger partial charge in [0.1, 0.15) is 13.2 Å². The maximum absolute atomic E-state index is 12.4. The number of hydrogen-bond donors (Lipinski definition) is 0. The highest BCUT2D eigenvalue weighted by Crippen LogP contribution is 2.13. The molecule has 0 amide bonds. The quantitative estimate of drug-likeness (QED) is 0.0459. The molecule has 0 aromatic rings. The average molecular weight is 583 g/mol. The standard InChI is InChI=1S/C35H66O6/c1-4-7-10-13-15-16-17-18-20-23-25-28-34(37)40-31-32(41-35(38)29-26-21-12-9-6-3)30-39-33(36)27-24-22-19-14-11-8-5-2/h32H,4-31H2,1-3H3/t32-/m1/s1. The van der Waals surface area contributed by atoms with Crippen molar-refractivity contribution in [3.63, 3.8) is 0 Å². The Morgan fingerprint density at radius 3 is 0.976 bits per heavy atom. The second-order valence-electron chi connectivity index (χ2n) is 11.8. The molecule has 0 bridgehead atoms. The maximum atomic E-state index is 12.4. The fraction of sp³-hybridized carbons (Fsp3) is 0.914. The van der Waals surface area contributed by atoms with Crippen LogP contribution in [0.3, 0.4) is 0 Å². The summed E-state index contributed by atoms with van der Waals surface area (Å²) in [4.78, 5) is 36.9. The molecule has 1 atom stereocenters. The van der Waals surface area contributed by atoms with Gasteiger partial charge in [0.05, 0.1) is 0 Å². The molecule has 0 rings (SSSR count). The van der Waals surface area contributed by atoms with Gasteiger partial charge in [-0.1, -0.05) is 149 Å². The van der Waals surface area contributed by atoms with Crippen molar-refractivity contribution >= 4 is 17.9 Å². The Hall–Kier alpha value is -1.59. The molecule has 0 aliphatic heterocycles. The first-order chi connectivity index (χ1) is 20.0. The minimum atomic E-state index is -0.752. The van der Waals surface area contributed by atoms with Crippen LogP contribution in [-0.4, -0.2) is 37.2 Å². The number of rotatable bonds is 31. The summed E-state index contributed by atoms with van der Waals surface area (Å²) in [6.07, 6.45) is 26.9. The van der Waals surface area contributed by atoms with Crippen LogP contribution in [-0.2, 0) is 28.6 Å². The fourth-order valence-electron chi connectivity index (χ4n) is 4.91. The molecule has 0 aliphatic carbocycles. The number of carbonyl (C=O) groups excluding carboxylic acids is 3. The zero-order valence-electron chi connectivity index (χ0n) is 27.3. The predicted molar refractivity (Wildman–Crippen MR) is 169 cm³/mol. The van der Waals surface area contributed by atoms with Crippen molar-refractivity contribution < 1.29 is 28.6 Å². The molecule has 0 aromatic heterocycles. The van der Waals surface area contributed by atoms with Gasteiger partial charge in [-0.25, -0.2) is 0 Å². The molecular weight excluding hydrogens is 516 g/mol. The van der Waals surface area contributed by atoms with Crippen molar-refractivity contribution in [3.8, 4) is 0 Å². The van der Waals surface area contributed by atoms with Gasteiger partial charge in [0.25, 0.3) is 0 Å². The highest BCUT2D eigenvalue weighted by Gasteiger charge is 2.19. The van der Waals surface area contributed by atoms with Crippen LogP contribution >= 0.6 is 0 Å². The Kier molecular flexibility index (Phi) is 30.1. The largest absolute Gasteiger partial charge is 0.462 e. The molecule has 6 heteroatoms. The van der Waals surface area contributed by atoms with E-state index in [1.54, 1.807) is 0 Å². The topological polar surface area (TPSA) is 78.9 Å². The highest BCUT2D eigenvalue weighted by molar-refractivity contribution is 5.71. The van der Waals surface area contributed by atoms with Crippen molar-refractivity contribution in [3.05, 3.63) is 0 Å². The van der Waals surface area contributed by atoms with Crippen molar-refractivity contribution in [2.24, 2.45) is 0 Å². The van der Waals surface area contributed by atoms with E-state index >= 15 is 0 Å². The van der Waals surface area contributed by atoms with E-state index in [1.165, 1.54) is 83.5 Å². The van der Waals surface area contributed by atoms with E-state index in [0.29, 0.717) is 19.3 Å². The summed E-state index contributed by atoms with van der Waals surface area (Å²) in [6.45, 7) is 6.47. The number of carbonyl (C=O) groups is 3. The zero-order valence-corrected chi connectivity index (χ0v) is 27.3. The fourth-order valence-corrected chi connectivity index (χ4v) is 4.91. The average Bonchev–Trinajstić information content (AvgIpc) is 2.96. The summed E-state index contributed by atoms with van der Waals surface area (Å²) in [5, 5.41) is 0. The van der Waals surface area contributed by atoms with Gasteiger partial charge in [-0.3, -0.25) is 14.4 Å². The molecule has 0 saturated heterocycles. The number of ether oxygens (including phenoxy) is 3. The Labute approximate surface area is 253 Å². The molecule has 41 heavy (non-hydrogen) atoms. The maximum Gasteiger partial charge on any atom is 0.306 e. The lowest BCUT2D eigenvalue weighted by Gasteiger charge is -2.18. The Morgan fingerprint density at radius 2 is 0.659 bits per heavy atom. The zero-order chi connectivity index (χ0) is 30.2. The third-order valence-corrected chi connectivity index (χ3v) is 7.61. The van der Waals surface area contributed by atoms with Gasteiger partial charge in [0.15, 0.2) is 6.10 Å². The van der Waals surface area contributed by atoms with E-state index in [9.17, 15) is 14.4 Å². The Bertz CT molecular complexity index is 605. The van der Waals surface area contributed by atoms with Crippen LogP contribution in [0.25, 0.3) is 0 Å². The third kappa shape index (κ3) is 29.7. The highest BCUT2D eigenvalue weighted by atomic mass is 16.6. The van der Waals surface area contributed by atoms with E-state index in [4.69, 9.17) is 14.2 Å². The minimum absolute atomic E-state index is 0.0663. The summed E-state index contributed by atoms with van der Waals surface area (Å²) in [7, 11) is 0. The minimum Gasteiger partial charge on any atom is -0.462 e. The van der Waals surface area contributed by atoms with Gasteiger partial charge in [0.2, 0.25) is 0 Å². The molecule has 0 fully saturated rings. The molecule has 0 spiro atoms. The first-order valence-corrected chi connectivity index (χ1v) is 17.5. The SMILES string of the molecule is CCCCCCCCCCCCCC(=O)OC[C@@H](COC(=O)CCCCCCCCC)OC(=O)CCCCCCC. The van der Waals surface area contributed by atoms with Crippen molar-refractivity contribution in [2.75, 3.05) is 13.2 Å². The molecule has 0 saturated carbocycles. The third-order valence-electron chi connectivity index (χ3n) is 7.61. The van der Waals surface area contributed by atoms with Crippen molar-refractivity contribution in [2.45, 2.75) is 194 Å². The lowest BCUT2D eigenvalue weighted by Crippen LogP contribution is -2.30. The van der Waals surface area contributed by atoms with Crippen LogP contribution in [0.15, 0.2) is 0 Å². The summed E-state index contributed by atoms with van der Waals surface area (Å²) in [5.74, 6) is -0.890. The summed E-state index contributed by atoms with van der Waals surface area (Å²) in [6, 6.07) is 0. The summed E-state index contributed by atoms with van der Waals surface area (Å²) in [5.41, 5.74) is 0. The van der Waals surface area contributed by atoms with Gasteiger partial charge in [-0.15, -0.1) is 0 Å². The van der Waals surface area contributed by atoms with Gasteiger partial charge >= 0.3 is 17.9 Å². The van der Waals surface area contributed by atoms with E-state index in [0.717, 1.165) is 64.2 Å². The molecule has 0 radical (unpaired) electrons. The lowest BCUT2D eigenvalue weighted by atomic mass is 10.1. The van der Waals surface area contributed by atoms with E-state index < -0.39 is 6.10 Å². The molecule has 0 aliphatic rings. The smallest absolute Gasteiger partial charge is 0.306 e. The van der Waals surface area contributed by atoms with E-state index in [1.807, 2.05) is 0 Å². The van der Waals surface area contributed by atoms with Crippen LogP contribution in [0, 0.1) is 0 Å². The lowest BCUT2D eigenvalue weighted by molar-refractivity contribution is -0.167. The first kappa shape index (κ1) is 39.4. The molecule has 0 N–H and O–H groups in total. The van der Waals surface area contributed by atoms with Crippen molar-refractivity contribution in [1.82, 2.24) is 0 Å². The van der Waals surface area contributed by atoms with Crippen LogP contribution in [0.5, 0.6) is 0 Å². The van der Waals surface area contributed by atoms with Gasteiger partial charge in [-0.05, 0) is 19.3 Å². The van der Waals surface area contributed by atoms with E-state index in [-0.39, 0.29) is 31.1 Å². The monoisotopic (exact) mass is 582 g/mol. The van der Waals surface area contributed by atoms with Crippen LogP contribution in [0.4, 0.5) is 0 Å². The Balaban J connectivity index is 4.25. The molecule has 6 nitrogen and oxygen atoms in total. The predicted octanol–water partition coefficient (Wildman–Crippen LogP) is 10.2. The van der Waals surface area contributed by atoms with Gasteiger partial charge in [-0.2, -0.15) is 0 Å². The van der Waals surface area contributed by atoms with Crippen molar-refractivity contribution in [1.29, 1.82) is 0 Å². The summed E-state index contributed by atoms with van der Waals surface area (Å²) >= 11 is 0. The molecular formula is C35H66O6. The normalized spacial score (nSPS) is 11.8. The number of hydrogen-bond acceptors (Lipinski definition) is 6. The van der Waals surface area contributed by atoms with E-state index in [2.05, 4.69) is 20.8 Å². The molecule has 0 aromatic carbocycles. The van der Waals surface area contributed by atoms with Crippen LogP contribution < -0.4 is 0 Å². The van der Waals surface area contributed by atoms with Crippen LogP contribution in [0.2, 0.25) is 0 Å². The molecule has 0 unspecified atom stereocenters. The van der Waals surface area contributed by atoms with Gasteiger partial charge in [0, 0.05) is 19.3 Å².